The lowest BCUT2D eigenvalue weighted by Crippen LogP contribution is -2.14. The molecule has 0 unspecified atom stereocenters. The normalized spacial score (nSPS) is 11.2. The number of hydrogen-bond donors (Lipinski definition) is 2. The smallest absolute Gasteiger partial charge is 0.262 e. The van der Waals surface area contributed by atoms with Gasteiger partial charge in [0, 0.05) is 12.1 Å². The third-order valence-electron chi connectivity index (χ3n) is 2.90. The minimum Gasteiger partial charge on any atom is -0.496 e. The number of sulfonamides is 1. The molecule has 2 rings (SSSR count). The molecule has 5 nitrogen and oxygen atoms in total. The van der Waals surface area contributed by atoms with Gasteiger partial charge in [-0.2, -0.15) is 0 Å². The van der Waals surface area contributed by atoms with Crippen LogP contribution in [0.4, 0.5) is 10.1 Å². The van der Waals surface area contributed by atoms with E-state index in [0.29, 0.717) is 11.3 Å². The highest BCUT2D eigenvalue weighted by molar-refractivity contribution is 7.92. The highest BCUT2D eigenvalue weighted by Gasteiger charge is 2.17. The summed E-state index contributed by atoms with van der Waals surface area (Å²) in [6.07, 6.45) is 0. The Morgan fingerprint density at radius 3 is 2.57 bits per heavy atom. The van der Waals surface area contributed by atoms with Crippen LogP contribution in [0.3, 0.4) is 0 Å². The molecule has 0 saturated carbocycles. The van der Waals surface area contributed by atoms with Gasteiger partial charge in [0.2, 0.25) is 0 Å². The van der Waals surface area contributed by atoms with Gasteiger partial charge in [-0.25, -0.2) is 12.8 Å². The van der Waals surface area contributed by atoms with E-state index in [1.165, 1.54) is 43.5 Å². The molecule has 0 aliphatic heterocycles. The SMILES string of the molecule is COc1ccc(S(=O)(=O)Nc2ccccc2F)cc1CN. The van der Waals surface area contributed by atoms with Crippen LogP contribution >= 0.6 is 0 Å². The number of halogens is 1. The molecule has 0 aliphatic carbocycles. The standard InChI is InChI=1S/C14H15FN2O3S/c1-20-14-7-6-11(8-10(14)9-16)21(18,19)17-13-5-3-2-4-12(13)15/h2-8,17H,9,16H2,1H3. The maximum Gasteiger partial charge on any atom is 0.262 e. The number of ether oxygens (including phenoxy) is 1. The topological polar surface area (TPSA) is 81.4 Å². The van der Waals surface area contributed by atoms with Crippen LogP contribution in [0.25, 0.3) is 0 Å². The van der Waals surface area contributed by atoms with Crippen molar-refractivity contribution in [3.05, 3.63) is 53.8 Å². The first-order chi connectivity index (χ1) is 9.97. The van der Waals surface area contributed by atoms with E-state index in [0.717, 1.165) is 0 Å². The summed E-state index contributed by atoms with van der Waals surface area (Å²) in [7, 11) is -2.42. The highest BCUT2D eigenvalue weighted by atomic mass is 32.2. The zero-order valence-electron chi connectivity index (χ0n) is 11.3. The summed E-state index contributed by atoms with van der Waals surface area (Å²) < 4.78 is 45.4. The second-order valence-electron chi connectivity index (χ2n) is 4.26. The molecule has 0 heterocycles. The highest BCUT2D eigenvalue weighted by Crippen LogP contribution is 2.24. The van der Waals surface area contributed by atoms with Crippen molar-refractivity contribution < 1.29 is 17.5 Å². The minimum atomic E-state index is -3.89. The average Bonchev–Trinajstić information content (AvgIpc) is 2.48. The summed E-state index contributed by atoms with van der Waals surface area (Å²) in [6.45, 7) is 0.131. The van der Waals surface area contributed by atoms with Crippen molar-refractivity contribution in [3.63, 3.8) is 0 Å². The van der Waals surface area contributed by atoms with Gasteiger partial charge in [0.25, 0.3) is 10.0 Å². The summed E-state index contributed by atoms with van der Waals surface area (Å²) in [4.78, 5) is -0.00740. The molecule has 0 bridgehead atoms. The number of hydrogen-bond acceptors (Lipinski definition) is 4. The lowest BCUT2D eigenvalue weighted by molar-refractivity contribution is 0.409. The van der Waals surface area contributed by atoms with Crippen molar-refractivity contribution in [2.24, 2.45) is 5.73 Å². The van der Waals surface area contributed by atoms with Gasteiger partial charge < -0.3 is 10.5 Å². The molecule has 0 fully saturated rings. The zero-order chi connectivity index (χ0) is 15.5. The molecule has 0 spiro atoms. The Labute approximate surface area is 122 Å². The van der Waals surface area contributed by atoms with Crippen LogP contribution < -0.4 is 15.2 Å². The molecule has 0 saturated heterocycles. The Morgan fingerprint density at radius 1 is 1.24 bits per heavy atom. The molecule has 0 aliphatic rings. The molecule has 7 heteroatoms. The van der Waals surface area contributed by atoms with Crippen LogP contribution in [0.15, 0.2) is 47.4 Å². The van der Waals surface area contributed by atoms with Gasteiger partial charge in [-0.3, -0.25) is 4.72 Å². The lowest BCUT2D eigenvalue weighted by Gasteiger charge is -2.12. The van der Waals surface area contributed by atoms with Gasteiger partial charge >= 0.3 is 0 Å². The lowest BCUT2D eigenvalue weighted by atomic mass is 10.2. The fourth-order valence-corrected chi connectivity index (χ4v) is 2.95. The molecule has 0 radical (unpaired) electrons. The number of rotatable bonds is 5. The first-order valence-electron chi connectivity index (χ1n) is 6.12. The number of anilines is 1. The van der Waals surface area contributed by atoms with Gasteiger partial charge in [0.15, 0.2) is 0 Å². The Bertz CT molecular complexity index is 748. The monoisotopic (exact) mass is 310 g/mol. The number of benzene rings is 2. The molecule has 0 aromatic heterocycles. The van der Waals surface area contributed by atoms with Crippen LogP contribution in [0, 0.1) is 5.82 Å². The van der Waals surface area contributed by atoms with Crippen molar-refractivity contribution in [2.75, 3.05) is 11.8 Å². The number of methoxy groups -OCH3 is 1. The van der Waals surface area contributed by atoms with E-state index in [1.807, 2.05) is 0 Å². The summed E-state index contributed by atoms with van der Waals surface area (Å²) in [6, 6.07) is 9.84. The molecular weight excluding hydrogens is 295 g/mol. The maximum atomic E-state index is 13.5. The molecule has 2 aromatic carbocycles. The number of nitrogens with one attached hydrogen (secondary N) is 1. The summed E-state index contributed by atoms with van der Waals surface area (Å²) >= 11 is 0. The molecule has 2 aromatic rings. The Kier molecular flexibility index (Phi) is 4.44. The van der Waals surface area contributed by atoms with Crippen molar-refractivity contribution >= 4 is 15.7 Å². The Morgan fingerprint density at radius 2 is 1.95 bits per heavy atom. The number of para-hydroxylation sites is 1. The summed E-state index contributed by atoms with van der Waals surface area (Å²) in [5.41, 5.74) is 6.00. The average molecular weight is 310 g/mol. The second kappa shape index (κ2) is 6.11. The van der Waals surface area contributed by atoms with Gasteiger partial charge in [-0.1, -0.05) is 12.1 Å². The van der Waals surface area contributed by atoms with E-state index in [4.69, 9.17) is 10.5 Å². The van der Waals surface area contributed by atoms with Gasteiger partial charge in [-0.05, 0) is 30.3 Å². The van der Waals surface area contributed by atoms with Gasteiger partial charge in [0.05, 0.1) is 17.7 Å². The van der Waals surface area contributed by atoms with Crippen LogP contribution in [0.5, 0.6) is 5.75 Å². The molecule has 0 atom stereocenters. The summed E-state index contributed by atoms with van der Waals surface area (Å²) in [5.74, 6) is -0.143. The fourth-order valence-electron chi connectivity index (χ4n) is 1.83. The van der Waals surface area contributed by atoms with E-state index in [9.17, 15) is 12.8 Å². The first-order valence-corrected chi connectivity index (χ1v) is 7.60. The van der Waals surface area contributed by atoms with Crippen molar-refractivity contribution in [2.45, 2.75) is 11.4 Å². The van der Waals surface area contributed by atoms with Crippen molar-refractivity contribution in [1.82, 2.24) is 0 Å². The van der Waals surface area contributed by atoms with Crippen LogP contribution in [0.2, 0.25) is 0 Å². The second-order valence-corrected chi connectivity index (χ2v) is 5.95. The van der Waals surface area contributed by atoms with E-state index in [1.54, 1.807) is 6.07 Å². The van der Waals surface area contributed by atoms with Crippen molar-refractivity contribution in [3.8, 4) is 5.75 Å². The minimum absolute atomic E-state index is 0.00740. The van der Waals surface area contributed by atoms with Crippen LogP contribution in [-0.4, -0.2) is 15.5 Å². The first kappa shape index (κ1) is 15.3. The Balaban J connectivity index is 2.38. The molecule has 21 heavy (non-hydrogen) atoms. The largest absolute Gasteiger partial charge is 0.496 e. The third-order valence-corrected chi connectivity index (χ3v) is 4.26. The van der Waals surface area contributed by atoms with E-state index in [-0.39, 0.29) is 17.1 Å². The molecule has 112 valence electrons. The predicted octanol–water partition coefficient (Wildman–Crippen LogP) is 2.09. The molecular formula is C14H15FN2O3S. The number of nitrogens with two attached hydrogens (primary N) is 1. The summed E-state index contributed by atoms with van der Waals surface area (Å²) in [5, 5.41) is 0. The van der Waals surface area contributed by atoms with Crippen molar-refractivity contribution in [1.29, 1.82) is 0 Å². The molecule has 0 amide bonds. The fraction of sp³-hybridized carbons (Fsp3) is 0.143. The Hall–Kier alpha value is -2.12. The molecule has 3 N–H and O–H groups in total. The van der Waals surface area contributed by atoms with E-state index < -0.39 is 15.8 Å². The quantitative estimate of drug-likeness (QED) is 0.886. The van der Waals surface area contributed by atoms with Crippen LogP contribution in [-0.2, 0) is 16.6 Å². The van der Waals surface area contributed by atoms with Gasteiger partial charge in [-0.15, -0.1) is 0 Å². The van der Waals surface area contributed by atoms with E-state index >= 15 is 0 Å². The maximum absolute atomic E-state index is 13.5. The zero-order valence-corrected chi connectivity index (χ0v) is 12.2. The van der Waals surface area contributed by atoms with E-state index in [2.05, 4.69) is 4.72 Å². The van der Waals surface area contributed by atoms with Gasteiger partial charge in [0.1, 0.15) is 11.6 Å². The van der Waals surface area contributed by atoms with Crippen LogP contribution in [0.1, 0.15) is 5.56 Å². The third kappa shape index (κ3) is 3.32. The predicted molar refractivity (Wildman–Crippen MR) is 78.1 cm³/mol.